The number of hydrogen-bond acceptors (Lipinski definition) is 3. The van der Waals surface area contributed by atoms with Crippen molar-refractivity contribution in [3.8, 4) is 11.5 Å². The molecule has 0 aliphatic heterocycles. The second-order valence-electron chi connectivity index (χ2n) is 2.49. The van der Waals surface area contributed by atoms with E-state index in [4.69, 9.17) is 12.2 Å². The first-order valence-corrected chi connectivity index (χ1v) is 5.19. The molecule has 0 aliphatic carbocycles. The maximum atomic E-state index is 11.8. The van der Waals surface area contributed by atoms with Crippen LogP contribution in [0.3, 0.4) is 0 Å². The molecular weight excluding hydrogens is 200 g/mol. The number of methoxy groups -OCH3 is 2. The van der Waals surface area contributed by atoms with E-state index in [1.54, 1.807) is 12.1 Å². The fraction of sp³-hybridized carbons (Fsp3) is 0.400. The van der Waals surface area contributed by atoms with E-state index < -0.39 is 16.9 Å². The van der Waals surface area contributed by atoms with Crippen LogP contribution < -0.4 is 9.47 Å². The highest BCUT2D eigenvalue weighted by atomic mass is 32.2. The lowest BCUT2D eigenvalue weighted by atomic mass is 10.3. The van der Waals surface area contributed by atoms with Crippen LogP contribution in [0.25, 0.3) is 0 Å². The Labute approximate surface area is 90.0 Å². The Morgan fingerprint density at radius 3 is 2.64 bits per heavy atom. The molecule has 2 atom stereocenters. The quantitative estimate of drug-likeness (QED) is 0.719. The van der Waals surface area contributed by atoms with Gasteiger partial charge in [0.25, 0.3) is 0 Å². The van der Waals surface area contributed by atoms with Crippen LogP contribution >= 0.6 is 0 Å². The van der Waals surface area contributed by atoms with E-state index in [-0.39, 0.29) is 0 Å². The standard InChI is InChI=1S/C10H14O3S/c1-4-14(11)8-5-6-9(12-2)10(7-8)13-3/h5-7H,4H2,1-3H3/i4DH/t4-,14?/m1/s1. The normalized spacial score (nSPS) is 18.9. The Morgan fingerprint density at radius 2 is 2.14 bits per heavy atom. The molecule has 0 saturated carbocycles. The molecule has 1 unspecified atom stereocenters. The fourth-order valence-electron chi connectivity index (χ4n) is 1.05. The maximum Gasteiger partial charge on any atom is 0.165 e. The lowest BCUT2D eigenvalue weighted by molar-refractivity contribution is 0.354. The van der Waals surface area contributed by atoms with Crippen LogP contribution in [-0.2, 0) is 11.2 Å². The average molecular weight is 215 g/mol. The number of rotatable bonds is 4. The maximum absolute atomic E-state index is 11.8. The molecule has 1 aromatic rings. The summed E-state index contributed by atoms with van der Waals surface area (Å²) in [6, 6.07) is 4.70. The zero-order valence-corrected chi connectivity index (χ0v) is 9.18. The third-order valence-corrected chi connectivity index (χ3v) is 2.81. The van der Waals surface area contributed by atoms with Gasteiger partial charge >= 0.3 is 0 Å². The molecule has 14 heavy (non-hydrogen) atoms. The summed E-state index contributed by atoms with van der Waals surface area (Å²) in [5.74, 6) is 0.970. The average Bonchev–Trinajstić information content (AvgIpc) is 2.25. The molecule has 4 heteroatoms. The first-order valence-electron chi connectivity index (χ1n) is 5.04. The third kappa shape index (κ3) is 2.33. The van der Waals surface area contributed by atoms with Gasteiger partial charge in [-0.2, -0.15) is 0 Å². The lowest BCUT2D eigenvalue weighted by Crippen LogP contribution is -2.04. The van der Waals surface area contributed by atoms with E-state index in [1.165, 1.54) is 27.2 Å². The van der Waals surface area contributed by atoms with Gasteiger partial charge in [0, 0.05) is 6.07 Å². The van der Waals surface area contributed by atoms with Crippen molar-refractivity contribution in [3.05, 3.63) is 18.2 Å². The molecule has 0 bridgehead atoms. The Hall–Kier alpha value is -0.870. The Balaban J connectivity index is 3.08. The number of hydrogen-bond donors (Lipinski definition) is 0. The zero-order valence-electron chi connectivity index (χ0n) is 10.4. The van der Waals surface area contributed by atoms with Gasteiger partial charge in [-0.3, -0.25) is 0 Å². The Bertz CT molecular complexity index is 366. The van der Waals surface area contributed by atoms with Gasteiger partial charge in [-0.05, 0) is 30.2 Å². The van der Waals surface area contributed by atoms with Crippen molar-refractivity contribution < 1.29 is 16.8 Å². The van der Waals surface area contributed by atoms with E-state index >= 15 is 0 Å². The summed E-state index contributed by atoms with van der Waals surface area (Å²) >= 11 is -1.73. The predicted octanol–water partition coefficient (Wildman–Crippen LogP) is 1.83. The molecule has 78 valence electrons. The highest BCUT2D eigenvalue weighted by molar-refractivity contribution is 7.91. The van der Waals surface area contributed by atoms with Crippen LogP contribution in [-0.4, -0.2) is 24.5 Å². The third-order valence-electron chi connectivity index (χ3n) is 1.75. The molecule has 0 spiro atoms. The van der Waals surface area contributed by atoms with Crippen molar-refractivity contribution in [2.45, 2.75) is 11.8 Å². The molecule has 0 saturated heterocycles. The van der Waals surface area contributed by atoms with E-state index in [1.807, 2.05) is 0 Å². The first kappa shape index (κ1) is 8.44. The topological polar surface area (TPSA) is 41.5 Å². The second-order valence-corrected chi connectivity index (χ2v) is 3.91. The van der Waals surface area contributed by atoms with Crippen molar-refractivity contribution in [2.75, 3.05) is 19.9 Å². The highest BCUT2D eigenvalue weighted by Gasteiger charge is 2.12. The largest absolute Gasteiger partial charge is 0.611 e. The van der Waals surface area contributed by atoms with Crippen LogP contribution in [0.2, 0.25) is 0 Å². The molecule has 3 nitrogen and oxygen atoms in total. The molecule has 0 heterocycles. The van der Waals surface area contributed by atoms with Gasteiger partial charge in [-0.25, -0.2) is 0 Å². The second kappa shape index (κ2) is 5.12. The zero-order chi connectivity index (χ0) is 12.3. The van der Waals surface area contributed by atoms with Gasteiger partial charge in [0.2, 0.25) is 0 Å². The van der Waals surface area contributed by atoms with Crippen LogP contribution in [0.15, 0.2) is 23.1 Å². The Kier molecular flexibility index (Phi) is 3.09. The van der Waals surface area contributed by atoms with Gasteiger partial charge in [-0.1, -0.05) is 0 Å². The van der Waals surface area contributed by atoms with Crippen molar-refractivity contribution in [3.63, 3.8) is 0 Å². The summed E-state index contributed by atoms with van der Waals surface area (Å²) in [6.07, 6.45) is 0. The minimum atomic E-state index is -1.78. The number of ether oxygens (including phenoxy) is 2. The highest BCUT2D eigenvalue weighted by Crippen LogP contribution is 2.29. The molecular formula is C10H14O3S. The molecule has 0 fully saturated rings. The summed E-state index contributed by atoms with van der Waals surface area (Å²) < 4.78 is 36.7. The van der Waals surface area contributed by atoms with Crippen molar-refractivity contribution in [1.29, 1.82) is 0 Å². The van der Waals surface area contributed by atoms with Gasteiger partial charge in [0.1, 0.15) is 5.70 Å². The lowest BCUT2D eigenvalue weighted by Gasteiger charge is -2.11. The van der Waals surface area contributed by atoms with E-state index in [2.05, 4.69) is 0 Å². The van der Waals surface area contributed by atoms with Crippen LogP contribution in [0.4, 0.5) is 0 Å². The van der Waals surface area contributed by atoms with Gasteiger partial charge in [-0.15, -0.1) is 0 Å². The molecule has 0 N–H and O–H groups in total. The Morgan fingerprint density at radius 1 is 1.50 bits per heavy atom. The van der Waals surface area contributed by atoms with E-state index in [0.717, 1.165) is 0 Å². The molecule has 1 aromatic carbocycles. The summed E-state index contributed by atoms with van der Waals surface area (Å²) in [5.41, 5.74) is -1.78. The summed E-state index contributed by atoms with van der Waals surface area (Å²) in [7, 11) is 2.98. The number of benzene rings is 1. The predicted molar refractivity (Wildman–Crippen MR) is 56.5 cm³/mol. The van der Waals surface area contributed by atoms with Crippen molar-refractivity contribution in [1.82, 2.24) is 0 Å². The van der Waals surface area contributed by atoms with Gasteiger partial charge in [0.05, 0.1) is 17.0 Å². The van der Waals surface area contributed by atoms with Gasteiger partial charge < -0.3 is 14.0 Å². The van der Waals surface area contributed by atoms with Crippen molar-refractivity contribution >= 4 is 11.2 Å². The minimum absolute atomic E-state index is 0.380. The summed E-state index contributed by atoms with van der Waals surface area (Å²) in [5, 5.41) is 0. The molecule has 0 aliphatic rings. The molecule has 0 amide bonds. The molecule has 0 aromatic heterocycles. The van der Waals surface area contributed by atoms with Crippen LogP contribution in [0.1, 0.15) is 9.67 Å². The monoisotopic (exact) mass is 215 g/mol. The van der Waals surface area contributed by atoms with E-state index in [0.29, 0.717) is 16.4 Å². The fourth-order valence-corrected chi connectivity index (χ4v) is 1.69. The smallest absolute Gasteiger partial charge is 0.165 e. The van der Waals surface area contributed by atoms with Crippen LogP contribution in [0.5, 0.6) is 11.5 Å². The summed E-state index contributed by atoms with van der Waals surface area (Å²) in [4.78, 5) is 0.380. The minimum Gasteiger partial charge on any atom is -0.611 e. The SMILES string of the molecule is [1H][C@@]([2H])(C)[S+]([O-])c1ccc(OC)c(OC)c1. The first-order chi connectivity index (χ1) is 7.40. The van der Waals surface area contributed by atoms with Gasteiger partial charge in [0.15, 0.2) is 16.4 Å². The van der Waals surface area contributed by atoms with E-state index in [9.17, 15) is 4.55 Å². The molecule has 0 radical (unpaired) electrons. The van der Waals surface area contributed by atoms with Crippen LogP contribution in [0, 0.1) is 0 Å². The van der Waals surface area contributed by atoms with Crippen molar-refractivity contribution in [2.24, 2.45) is 0 Å². The molecule has 1 rings (SSSR count). The summed E-state index contributed by atoms with van der Waals surface area (Å²) in [6.45, 7) is 1.28.